The lowest BCUT2D eigenvalue weighted by Gasteiger charge is -2.09. The first-order chi connectivity index (χ1) is 8.30. The summed E-state index contributed by atoms with van der Waals surface area (Å²) in [5, 5.41) is 3.13. The highest BCUT2D eigenvalue weighted by Crippen LogP contribution is 2.13. The molecule has 0 saturated carbocycles. The fourth-order valence-electron chi connectivity index (χ4n) is 1.53. The number of pyridine rings is 1. The van der Waals surface area contributed by atoms with Gasteiger partial charge in [-0.3, -0.25) is 0 Å². The summed E-state index contributed by atoms with van der Waals surface area (Å²) in [6, 6.07) is 4.08. The van der Waals surface area contributed by atoms with E-state index in [4.69, 9.17) is 9.47 Å². The Kier molecular flexibility index (Phi) is 6.58. The van der Waals surface area contributed by atoms with Gasteiger partial charge in [-0.25, -0.2) is 4.98 Å². The Morgan fingerprint density at radius 1 is 1.24 bits per heavy atom. The number of rotatable bonds is 8. The summed E-state index contributed by atoms with van der Waals surface area (Å²) in [6.45, 7) is 6.77. The fraction of sp³-hybridized carbons (Fsp3) is 0.615. The molecule has 0 aliphatic carbocycles. The monoisotopic (exact) mass is 238 g/mol. The predicted octanol–water partition coefficient (Wildman–Crippen LogP) is 1.78. The van der Waals surface area contributed by atoms with Gasteiger partial charge in [0.1, 0.15) is 6.61 Å². The van der Waals surface area contributed by atoms with E-state index in [0.29, 0.717) is 19.1 Å². The highest BCUT2D eigenvalue weighted by Gasteiger charge is 2.02. The Hall–Kier alpha value is -1.13. The van der Waals surface area contributed by atoms with E-state index in [1.807, 2.05) is 20.0 Å². The molecule has 1 aromatic rings. The van der Waals surface area contributed by atoms with Crippen molar-refractivity contribution < 1.29 is 9.47 Å². The summed E-state index contributed by atoms with van der Waals surface area (Å²) in [5.41, 5.74) is 2.26. The van der Waals surface area contributed by atoms with Crippen LogP contribution in [0.3, 0.4) is 0 Å². The number of nitrogens with zero attached hydrogens (tertiary/aromatic N) is 1. The van der Waals surface area contributed by atoms with E-state index in [1.165, 1.54) is 5.56 Å². The third-order valence-electron chi connectivity index (χ3n) is 2.34. The summed E-state index contributed by atoms with van der Waals surface area (Å²) in [7, 11) is 1.93. The molecular formula is C13H22N2O2. The lowest BCUT2D eigenvalue weighted by Crippen LogP contribution is -2.10. The molecule has 0 amide bonds. The zero-order valence-electron chi connectivity index (χ0n) is 11.0. The van der Waals surface area contributed by atoms with Gasteiger partial charge in [-0.1, -0.05) is 6.92 Å². The molecule has 0 unspecified atom stereocenters. The van der Waals surface area contributed by atoms with Crippen LogP contribution in [0.25, 0.3) is 0 Å². The van der Waals surface area contributed by atoms with Crippen molar-refractivity contribution in [1.29, 1.82) is 0 Å². The van der Waals surface area contributed by atoms with Crippen LogP contribution >= 0.6 is 0 Å². The minimum atomic E-state index is 0.549. The molecule has 96 valence electrons. The maximum atomic E-state index is 5.57. The van der Waals surface area contributed by atoms with Crippen LogP contribution in [0.2, 0.25) is 0 Å². The average Bonchev–Trinajstić information content (AvgIpc) is 2.35. The van der Waals surface area contributed by atoms with Gasteiger partial charge in [0.05, 0.1) is 6.61 Å². The van der Waals surface area contributed by atoms with Gasteiger partial charge in [0.2, 0.25) is 5.88 Å². The van der Waals surface area contributed by atoms with Crippen LogP contribution in [-0.2, 0) is 17.7 Å². The van der Waals surface area contributed by atoms with E-state index < -0.39 is 0 Å². The largest absolute Gasteiger partial charge is 0.475 e. The maximum Gasteiger partial charge on any atom is 0.213 e. The first-order valence-electron chi connectivity index (χ1n) is 6.15. The van der Waals surface area contributed by atoms with Gasteiger partial charge < -0.3 is 14.8 Å². The standard InChI is InChI=1S/C13H22N2O2/c1-4-12-8-11(10-14-3)9-13(15-12)17-7-6-16-5-2/h8-9,14H,4-7,10H2,1-3H3. The predicted molar refractivity (Wildman–Crippen MR) is 68.4 cm³/mol. The third kappa shape index (κ3) is 5.15. The Labute approximate surface area is 103 Å². The van der Waals surface area contributed by atoms with Crippen LogP contribution in [0.1, 0.15) is 25.1 Å². The number of hydrogen-bond acceptors (Lipinski definition) is 4. The first-order valence-corrected chi connectivity index (χ1v) is 6.15. The average molecular weight is 238 g/mol. The quantitative estimate of drug-likeness (QED) is 0.701. The molecule has 1 N–H and O–H groups in total. The number of ether oxygens (including phenoxy) is 2. The van der Waals surface area contributed by atoms with E-state index in [-0.39, 0.29) is 0 Å². The molecule has 1 aromatic heterocycles. The van der Waals surface area contributed by atoms with Crippen molar-refractivity contribution in [1.82, 2.24) is 10.3 Å². The molecular weight excluding hydrogens is 216 g/mol. The number of nitrogens with one attached hydrogen (secondary N) is 1. The van der Waals surface area contributed by atoms with Crippen LogP contribution in [0.15, 0.2) is 12.1 Å². The third-order valence-corrected chi connectivity index (χ3v) is 2.34. The number of aryl methyl sites for hydroxylation is 1. The van der Waals surface area contributed by atoms with E-state index in [2.05, 4.69) is 23.3 Å². The second-order valence-corrected chi connectivity index (χ2v) is 3.73. The summed E-state index contributed by atoms with van der Waals surface area (Å²) in [4.78, 5) is 4.43. The molecule has 17 heavy (non-hydrogen) atoms. The van der Waals surface area contributed by atoms with Gasteiger partial charge in [-0.2, -0.15) is 0 Å². The van der Waals surface area contributed by atoms with Gasteiger partial charge in [0.25, 0.3) is 0 Å². The minimum Gasteiger partial charge on any atom is -0.475 e. The molecule has 0 aromatic carbocycles. The SMILES string of the molecule is CCOCCOc1cc(CNC)cc(CC)n1. The van der Waals surface area contributed by atoms with E-state index in [1.54, 1.807) is 0 Å². The molecule has 0 spiro atoms. The van der Waals surface area contributed by atoms with E-state index >= 15 is 0 Å². The van der Waals surface area contributed by atoms with Crippen LogP contribution in [0, 0.1) is 0 Å². The smallest absolute Gasteiger partial charge is 0.213 e. The Morgan fingerprint density at radius 3 is 2.71 bits per heavy atom. The van der Waals surface area contributed by atoms with Crippen molar-refractivity contribution in [3.05, 3.63) is 23.4 Å². The molecule has 0 fully saturated rings. The van der Waals surface area contributed by atoms with Crippen molar-refractivity contribution in [2.45, 2.75) is 26.8 Å². The van der Waals surface area contributed by atoms with Gasteiger partial charge >= 0.3 is 0 Å². The van der Waals surface area contributed by atoms with Crippen LogP contribution in [0.5, 0.6) is 5.88 Å². The number of hydrogen-bond donors (Lipinski definition) is 1. The summed E-state index contributed by atoms with van der Waals surface area (Å²) in [6.07, 6.45) is 0.916. The molecule has 4 nitrogen and oxygen atoms in total. The Morgan fingerprint density at radius 2 is 2.06 bits per heavy atom. The van der Waals surface area contributed by atoms with Gasteiger partial charge in [-0.05, 0) is 32.0 Å². The lowest BCUT2D eigenvalue weighted by molar-refractivity contribution is 0.108. The zero-order valence-corrected chi connectivity index (χ0v) is 11.0. The molecule has 1 heterocycles. The molecule has 0 atom stereocenters. The van der Waals surface area contributed by atoms with Crippen LogP contribution < -0.4 is 10.1 Å². The second-order valence-electron chi connectivity index (χ2n) is 3.73. The molecule has 0 radical (unpaired) electrons. The molecule has 4 heteroatoms. The summed E-state index contributed by atoms with van der Waals surface area (Å²) >= 11 is 0. The molecule has 0 aliphatic rings. The van der Waals surface area contributed by atoms with E-state index in [9.17, 15) is 0 Å². The topological polar surface area (TPSA) is 43.4 Å². The van der Waals surface area contributed by atoms with Crippen molar-refractivity contribution in [2.24, 2.45) is 0 Å². The van der Waals surface area contributed by atoms with Crippen molar-refractivity contribution in [3.8, 4) is 5.88 Å². The van der Waals surface area contributed by atoms with Crippen molar-refractivity contribution in [3.63, 3.8) is 0 Å². The molecule has 0 bridgehead atoms. The van der Waals surface area contributed by atoms with Gasteiger partial charge in [0, 0.05) is 24.9 Å². The first kappa shape index (κ1) is 13.9. The van der Waals surface area contributed by atoms with Crippen LogP contribution in [0.4, 0.5) is 0 Å². The fourth-order valence-corrected chi connectivity index (χ4v) is 1.53. The van der Waals surface area contributed by atoms with E-state index in [0.717, 1.165) is 25.3 Å². The van der Waals surface area contributed by atoms with Gasteiger partial charge in [0.15, 0.2) is 0 Å². The Balaban J connectivity index is 2.59. The van der Waals surface area contributed by atoms with Gasteiger partial charge in [-0.15, -0.1) is 0 Å². The lowest BCUT2D eigenvalue weighted by atomic mass is 10.2. The van der Waals surface area contributed by atoms with Crippen LogP contribution in [-0.4, -0.2) is 31.9 Å². The maximum absolute atomic E-state index is 5.57. The number of aromatic nitrogens is 1. The molecule has 0 aliphatic heterocycles. The summed E-state index contributed by atoms with van der Waals surface area (Å²) in [5.74, 6) is 0.689. The normalized spacial score (nSPS) is 10.5. The minimum absolute atomic E-state index is 0.549. The van der Waals surface area contributed by atoms with Crippen molar-refractivity contribution in [2.75, 3.05) is 26.9 Å². The highest BCUT2D eigenvalue weighted by molar-refractivity contribution is 5.25. The molecule has 0 saturated heterocycles. The zero-order chi connectivity index (χ0) is 12.5. The Bertz CT molecular complexity index is 329. The summed E-state index contributed by atoms with van der Waals surface area (Å²) < 4.78 is 10.8. The highest BCUT2D eigenvalue weighted by atomic mass is 16.5. The molecule has 1 rings (SSSR count). The second kappa shape index (κ2) is 8.03. The van der Waals surface area contributed by atoms with Crippen molar-refractivity contribution >= 4 is 0 Å².